The number of azide groups is 1. The number of nitrogens with zero attached hydrogens (tertiary/aromatic N) is 3. The molecule has 1 aliphatic rings. The molecule has 27 heavy (non-hydrogen) atoms. The maximum absolute atomic E-state index is 12.7. The average molecular weight is 411 g/mol. The number of alkyl halides is 3. The van der Waals surface area contributed by atoms with Gasteiger partial charge in [0.05, 0.1) is 19.3 Å². The number of hydrogen-bond acceptors (Lipinski definition) is 7. The minimum absolute atomic E-state index is 0.0655. The number of hydrogen-bond donors (Lipinski definition) is 0. The molecule has 0 spiro atoms. The Hall–Kier alpha value is -1.89. The van der Waals surface area contributed by atoms with E-state index in [4.69, 9.17) is 19.7 Å². The lowest BCUT2D eigenvalue weighted by molar-refractivity contribution is -0.144. The summed E-state index contributed by atoms with van der Waals surface area (Å²) in [6, 6.07) is 8.61. The Labute approximate surface area is 152 Å². The van der Waals surface area contributed by atoms with Crippen LogP contribution in [-0.4, -0.2) is 52.2 Å². The molecular formula is C14H16F3N3O6S. The molecule has 0 aromatic heterocycles. The van der Waals surface area contributed by atoms with Crippen molar-refractivity contribution in [2.75, 3.05) is 13.7 Å². The van der Waals surface area contributed by atoms with Gasteiger partial charge in [0, 0.05) is 12.0 Å². The van der Waals surface area contributed by atoms with Crippen molar-refractivity contribution >= 4 is 10.1 Å². The van der Waals surface area contributed by atoms with Gasteiger partial charge in [-0.2, -0.15) is 21.6 Å². The second kappa shape index (κ2) is 8.87. The minimum Gasteiger partial charge on any atom is -0.368 e. The predicted octanol–water partition coefficient (Wildman–Crippen LogP) is 2.49. The lowest BCUT2D eigenvalue weighted by Gasteiger charge is -2.23. The second-order valence-electron chi connectivity index (χ2n) is 5.41. The summed E-state index contributed by atoms with van der Waals surface area (Å²) in [5.41, 5.74) is 3.51. The fourth-order valence-corrected chi connectivity index (χ4v) is 3.02. The normalized spacial score (nSPS) is 25.9. The van der Waals surface area contributed by atoms with E-state index in [1.807, 2.05) is 0 Å². The molecule has 0 amide bonds. The van der Waals surface area contributed by atoms with Crippen LogP contribution >= 0.6 is 0 Å². The van der Waals surface area contributed by atoms with E-state index in [1.54, 1.807) is 30.3 Å². The van der Waals surface area contributed by atoms with Crippen molar-refractivity contribution < 1.29 is 40.0 Å². The Balaban J connectivity index is 2.25. The van der Waals surface area contributed by atoms with Gasteiger partial charge >= 0.3 is 15.6 Å². The quantitative estimate of drug-likeness (QED) is 0.213. The van der Waals surface area contributed by atoms with Crippen LogP contribution in [-0.2, 0) is 35.1 Å². The molecule has 0 saturated carbocycles. The van der Waals surface area contributed by atoms with E-state index < -0.39 is 40.2 Å². The van der Waals surface area contributed by atoms with Crippen LogP contribution in [0, 0.1) is 0 Å². The Morgan fingerprint density at radius 1 is 1.26 bits per heavy atom. The zero-order valence-electron chi connectivity index (χ0n) is 13.9. The fourth-order valence-electron chi connectivity index (χ4n) is 2.42. The smallest absolute Gasteiger partial charge is 0.368 e. The summed E-state index contributed by atoms with van der Waals surface area (Å²) < 4.78 is 81.0. The summed E-state index contributed by atoms with van der Waals surface area (Å²) in [5, 5.41) is 3.30. The van der Waals surface area contributed by atoms with Gasteiger partial charge in [-0.3, -0.25) is 4.18 Å². The highest BCUT2D eigenvalue weighted by Crippen LogP contribution is 2.33. The van der Waals surface area contributed by atoms with Gasteiger partial charge in [0.25, 0.3) is 0 Å². The Kier molecular flexibility index (Phi) is 7.03. The highest BCUT2D eigenvalue weighted by atomic mass is 32.2. The number of rotatable bonds is 8. The maximum Gasteiger partial charge on any atom is 0.523 e. The summed E-state index contributed by atoms with van der Waals surface area (Å²) in [4.78, 5) is 2.55. The summed E-state index contributed by atoms with van der Waals surface area (Å²) >= 11 is 0. The molecule has 1 aromatic rings. The molecular weight excluding hydrogens is 395 g/mol. The summed E-state index contributed by atoms with van der Waals surface area (Å²) in [7, 11) is -4.82. The topological polar surface area (TPSA) is 120 Å². The highest BCUT2D eigenvalue weighted by molar-refractivity contribution is 7.87. The third-order valence-electron chi connectivity index (χ3n) is 3.63. The molecule has 2 rings (SSSR count). The summed E-state index contributed by atoms with van der Waals surface area (Å²) in [6.07, 6.45) is -5.58. The molecule has 0 unspecified atom stereocenters. The van der Waals surface area contributed by atoms with Gasteiger partial charge < -0.3 is 14.2 Å². The van der Waals surface area contributed by atoms with Crippen LogP contribution < -0.4 is 0 Å². The Morgan fingerprint density at radius 2 is 1.93 bits per heavy atom. The molecule has 150 valence electrons. The van der Waals surface area contributed by atoms with E-state index in [0.29, 0.717) is 5.56 Å². The number of halogens is 3. The molecule has 0 N–H and O–H groups in total. The third kappa shape index (κ3) is 5.31. The molecule has 0 radical (unpaired) electrons. The fraction of sp³-hybridized carbons (Fsp3) is 0.571. The van der Waals surface area contributed by atoms with E-state index in [0.717, 1.165) is 7.11 Å². The van der Waals surface area contributed by atoms with Crippen LogP contribution in [0.1, 0.15) is 5.56 Å². The number of methoxy groups -OCH3 is 1. The SMILES string of the molecule is CO[C@H]1O[C@H](CN=[N+]=[N-])[C@H](OCc2ccccc2)[C@H]1OS(=O)(=O)C(F)(F)F. The van der Waals surface area contributed by atoms with Crippen molar-refractivity contribution in [3.63, 3.8) is 0 Å². The van der Waals surface area contributed by atoms with Crippen LogP contribution in [0.4, 0.5) is 13.2 Å². The van der Waals surface area contributed by atoms with Crippen LogP contribution in [0.2, 0.25) is 0 Å². The lowest BCUT2D eigenvalue weighted by atomic mass is 10.1. The van der Waals surface area contributed by atoms with E-state index in [2.05, 4.69) is 14.2 Å². The van der Waals surface area contributed by atoms with Gasteiger partial charge in [-0.25, -0.2) is 0 Å². The first-order chi connectivity index (χ1) is 12.7. The van der Waals surface area contributed by atoms with E-state index in [9.17, 15) is 21.6 Å². The Bertz CT molecular complexity index is 770. The van der Waals surface area contributed by atoms with Crippen LogP contribution in [0.3, 0.4) is 0 Å². The molecule has 1 fully saturated rings. The molecule has 1 aromatic carbocycles. The Morgan fingerprint density at radius 3 is 2.48 bits per heavy atom. The van der Waals surface area contributed by atoms with E-state index >= 15 is 0 Å². The second-order valence-corrected chi connectivity index (χ2v) is 6.98. The standard InChI is InChI=1S/C14H16F3N3O6S/c1-23-13-12(26-27(21,22)14(15,16)17)11(10(25-13)7-19-20-18)24-8-9-5-3-2-4-6-9/h2-6,10-13H,7-8H2,1H3/t10-,11+,12-,13+/m1/s1. The van der Waals surface area contributed by atoms with Gasteiger partial charge in [0.15, 0.2) is 12.4 Å². The molecule has 0 aliphatic carbocycles. The molecule has 4 atom stereocenters. The molecule has 9 nitrogen and oxygen atoms in total. The summed E-state index contributed by atoms with van der Waals surface area (Å²) in [6.45, 7) is -0.383. The van der Waals surface area contributed by atoms with Gasteiger partial charge in [-0.05, 0) is 11.1 Å². The first-order valence-electron chi connectivity index (χ1n) is 7.54. The lowest BCUT2D eigenvalue weighted by Crippen LogP contribution is -2.42. The largest absolute Gasteiger partial charge is 0.523 e. The zero-order valence-corrected chi connectivity index (χ0v) is 14.8. The zero-order chi connectivity index (χ0) is 20.1. The van der Waals surface area contributed by atoms with Crippen molar-refractivity contribution in [1.82, 2.24) is 0 Å². The molecule has 1 saturated heterocycles. The van der Waals surface area contributed by atoms with E-state index in [1.165, 1.54) is 0 Å². The number of ether oxygens (including phenoxy) is 3. The van der Waals surface area contributed by atoms with Crippen LogP contribution in [0.15, 0.2) is 35.4 Å². The van der Waals surface area contributed by atoms with Crippen molar-refractivity contribution in [2.45, 2.75) is 36.7 Å². The first kappa shape index (κ1) is 21.4. The predicted molar refractivity (Wildman–Crippen MR) is 84.5 cm³/mol. The third-order valence-corrected chi connectivity index (χ3v) is 4.67. The molecule has 1 heterocycles. The summed E-state index contributed by atoms with van der Waals surface area (Å²) in [5.74, 6) is 0. The number of benzene rings is 1. The van der Waals surface area contributed by atoms with Gasteiger partial charge in [-0.15, -0.1) is 0 Å². The molecule has 13 heteroatoms. The van der Waals surface area contributed by atoms with Gasteiger partial charge in [-0.1, -0.05) is 35.4 Å². The van der Waals surface area contributed by atoms with Gasteiger partial charge in [0.1, 0.15) is 6.10 Å². The van der Waals surface area contributed by atoms with E-state index in [-0.39, 0.29) is 13.2 Å². The maximum atomic E-state index is 12.7. The van der Waals surface area contributed by atoms with Crippen molar-refractivity contribution in [3.8, 4) is 0 Å². The minimum atomic E-state index is -5.93. The van der Waals surface area contributed by atoms with Crippen LogP contribution in [0.5, 0.6) is 0 Å². The van der Waals surface area contributed by atoms with Crippen molar-refractivity contribution in [2.24, 2.45) is 5.11 Å². The molecule has 0 bridgehead atoms. The highest BCUT2D eigenvalue weighted by Gasteiger charge is 2.55. The van der Waals surface area contributed by atoms with Crippen molar-refractivity contribution in [1.29, 1.82) is 0 Å². The monoisotopic (exact) mass is 411 g/mol. The van der Waals surface area contributed by atoms with Crippen LogP contribution in [0.25, 0.3) is 10.4 Å². The van der Waals surface area contributed by atoms with Gasteiger partial charge in [0.2, 0.25) is 0 Å². The van der Waals surface area contributed by atoms with Crippen molar-refractivity contribution in [3.05, 3.63) is 46.3 Å². The molecule has 1 aliphatic heterocycles. The first-order valence-corrected chi connectivity index (χ1v) is 8.94. The average Bonchev–Trinajstić information content (AvgIpc) is 2.94.